The Morgan fingerprint density at radius 2 is 0.914 bits per heavy atom. The summed E-state index contributed by atoms with van der Waals surface area (Å²) in [6.07, 6.45) is 9.90. The van der Waals surface area contributed by atoms with Crippen molar-refractivity contribution in [2.24, 2.45) is 0 Å². The van der Waals surface area contributed by atoms with Crippen molar-refractivity contribution < 1.29 is 65.8 Å². The quantitative estimate of drug-likeness (QED) is 0.0575. The minimum absolute atomic E-state index is 0.0648. The smallest absolute Gasteiger partial charge is 0.330 e. The van der Waals surface area contributed by atoms with E-state index in [2.05, 4.69) is 30.6 Å². The molecule has 4 aromatic rings. The fourth-order valence-electron chi connectivity index (χ4n) is 8.88. The Morgan fingerprint density at radius 3 is 1.23 bits per heavy atom. The first-order chi connectivity index (χ1) is 34.0. The van der Waals surface area contributed by atoms with Gasteiger partial charge in [0, 0.05) is 60.8 Å². The molecule has 20 nitrogen and oxygen atoms in total. The average molecular weight is 987 g/mol. The number of aliphatic hydroxyl groups excluding tert-OH is 2. The number of aromatic nitrogens is 4. The van der Waals surface area contributed by atoms with E-state index in [0.717, 1.165) is 73.3 Å². The van der Waals surface area contributed by atoms with Gasteiger partial charge in [-0.05, 0) is 25.7 Å². The van der Waals surface area contributed by atoms with E-state index < -0.39 is 46.7 Å². The molecule has 4 heterocycles. The SMILES string of the molecule is COc1cc(OC)c(F)c(N2Cc3cnc(NCCOCCO)nc3N(C3CCCC3)C2=O)c1F.COc1cc(OC)c(F)c(N2Cc3cnc(NCCOCCO)nc3N(C3CCCC3)C2=O)c1F. The summed E-state index contributed by atoms with van der Waals surface area (Å²) in [7, 11) is 5.04. The van der Waals surface area contributed by atoms with Crippen molar-refractivity contribution in [1.82, 2.24) is 19.9 Å². The fourth-order valence-corrected chi connectivity index (χ4v) is 8.88. The molecule has 8 rings (SSSR count). The number of rotatable bonds is 20. The molecule has 380 valence electrons. The van der Waals surface area contributed by atoms with Gasteiger partial charge in [-0.1, -0.05) is 25.7 Å². The van der Waals surface area contributed by atoms with Crippen molar-refractivity contribution in [3.8, 4) is 23.0 Å². The minimum atomic E-state index is -0.990. The van der Waals surface area contributed by atoms with Crippen molar-refractivity contribution >= 4 is 47.0 Å². The Bertz CT molecular complexity index is 2240. The molecule has 4 N–H and O–H groups in total. The van der Waals surface area contributed by atoms with Crippen LogP contribution in [0.1, 0.15) is 62.5 Å². The average Bonchev–Trinajstić information content (AvgIpc) is 4.11. The van der Waals surface area contributed by atoms with Crippen LogP contribution in [-0.2, 0) is 22.6 Å². The van der Waals surface area contributed by atoms with Gasteiger partial charge >= 0.3 is 12.1 Å². The number of fused-ring (bicyclic) bond motifs is 2. The standard InChI is InChI=1S/2C23H29F2N5O5/c2*1-33-16-11-17(34-2)19(25)20(18(16)24)29-13-14-12-27-22(26-7-9-35-10-8-31)28-21(14)30(23(29)32)15-5-3-4-6-15/h2*11-12,15,31H,3-10,13H2,1-2H3,(H,26,27,28). The van der Waals surface area contributed by atoms with Crippen LogP contribution in [-0.4, -0.2) is 135 Å². The molecule has 2 aliphatic heterocycles. The molecule has 24 heteroatoms. The first-order valence-corrected chi connectivity index (χ1v) is 23.0. The maximum Gasteiger partial charge on any atom is 0.330 e. The van der Waals surface area contributed by atoms with Crippen molar-refractivity contribution in [2.75, 3.05) is 111 Å². The molecule has 0 unspecified atom stereocenters. The Hall–Kier alpha value is -6.50. The minimum Gasteiger partial charge on any atom is -0.493 e. The lowest BCUT2D eigenvalue weighted by molar-refractivity contribution is 0.0991. The van der Waals surface area contributed by atoms with E-state index in [1.54, 1.807) is 12.4 Å². The molecule has 0 radical (unpaired) electrons. The molecule has 0 atom stereocenters. The van der Waals surface area contributed by atoms with Crippen molar-refractivity contribution in [3.63, 3.8) is 0 Å². The van der Waals surface area contributed by atoms with Crippen molar-refractivity contribution in [2.45, 2.75) is 76.5 Å². The highest BCUT2D eigenvalue weighted by molar-refractivity contribution is 6.07. The van der Waals surface area contributed by atoms with Gasteiger partial charge in [0.05, 0.1) is 81.2 Å². The molecule has 2 aromatic carbocycles. The third kappa shape index (κ3) is 10.9. The summed E-state index contributed by atoms with van der Waals surface area (Å²) in [5, 5.41) is 23.7. The Morgan fingerprint density at radius 1 is 0.571 bits per heavy atom. The summed E-state index contributed by atoms with van der Waals surface area (Å²) in [4.78, 5) is 50.4. The summed E-state index contributed by atoms with van der Waals surface area (Å²) in [5.41, 5.74) is 0.0319. The second kappa shape index (κ2) is 23.9. The van der Waals surface area contributed by atoms with Gasteiger partial charge in [-0.15, -0.1) is 0 Å². The van der Waals surface area contributed by atoms with E-state index in [4.69, 9.17) is 38.6 Å². The highest BCUT2D eigenvalue weighted by atomic mass is 19.1. The number of halogens is 4. The van der Waals surface area contributed by atoms with Gasteiger partial charge in [0.15, 0.2) is 46.3 Å². The largest absolute Gasteiger partial charge is 0.493 e. The first kappa shape index (κ1) is 51.4. The molecule has 0 saturated heterocycles. The van der Waals surface area contributed by atoms with Gasteiger partial charge in [0.2, 0.25) is 11.9 Å². The van der Waals surface area contributed by atoms with Crippen LogP contribution in [0.5, 0.6) is 23.0 Å². The number of benzene rings is 2. The lowest BCUT2D eigenvalue weighted by Gasteiger charge is -2.39. The number of nitrogens with one attached hydrogen (secondary N) is 2. The predicted octanol–water partition coefficient (Wildman–Crippen LogP) is 6.16. The first-order valence-electron chi connectivity index (χ1n) is 23.0. The number of aliphatic hydroxyl groups is 2. The Kier molecular flexibility index (Phi) is 17.5. The fraction of sp³-hybridized carbons (Fsp3) is 0.522. The maximum atomic E-state index is 15.3. The number of methoxy groups -OCH3 is 4. The van der Waals surface area contributed by atoms with Crippen molar-refractivity contribution in [1.29, 1.82) is 0 Å². The van der Waals surface area contributed by atoms with Crippen molar-refractivity contribution in [3.05, 3.63) is 58.9 Å². The molecule has 2 aromatic heterocycles. The highest BCUT2D eigenvalue weighted by Gasteiger charge is 2.43. The Labute approximate surface area is 401 Å². The van der Waals surface area contributed by atoms with Gasteiger partial charge in [-0.3, -0.25) is 19.6 Å². The zero-order chi connectivity index (χ0) is 49.9. The molecule has 2 aliphatic carbocycles. The molecule has 2 saturated carbocycles. The van der Waals surface area contributed by atoms with Crippen LogP contribution in [0, 0.1) is 23.3 Å². The normalized spacial score (nSPS) is 16.0. The molecule has 4 amide bonds. The third-order valence-corrected chi connectivity index (χ3v) is 12.2. The molecular formula is C46H58F4N10O10. The number of amides is 4. The predicted molar refractivity (Wildman–Crippen MR) is 248 cm³/mol. The highest BCUT2D eigenvalue weighted by Crippen LogP contribution is 2.44. The van der Waals surface area contributed by atoms with Crippen LogP contribution in [0.25, 0.3) is 0 Å². The molecule has 70 heavy (non-hydrogen) atoms. The number of hydrogen-bond donors (Lipinski definition) is 4. The molecular weight excluding hydrogens is 929 g/mol. The van der Waals surface area contributed by atoms with Gasteiger partial charge in [-0.25, -0.2) is 37.1 Å². The van der Waals surface area contributed by atoms with Crippen LogP contribution < -0.4 is 49.2 Å². The van der Waals surface area contributed by atoms with Crippen LogP contribution in [0.15, 0.2) is 24.5 Å². The number of ether oxygens (including phenoxy) is 6. The van der Waals surface area contributed by atoms with Gasteiger partial charge in [0.25, 0.3) is 0 Å². The summed E-state index contributed by atoms with van der Waals surface area (Å²) in [5.74, 6) is -3.44. The van der Waals surface area contributed by atoms with E-state index in [9.17, 15) is 9.59 Å². The van der Waals surface area contributed by atoms with Gasteiger partial charge < -0.3 is 49.3 Å². The monoisotopic (exact) mass is 986 g/mol. The Balaban J connectivity index is 0.000000206. The number of urea groups is 2. The van der Waals surface area contributed by atoms with E-state index in [1.165, 1.54) is 38.2 Å². The van der Waals surface area contributed by atoms with Crippen LogP contribution >= 0.6 is 0 Å². The number of nitrogens with zero attached hydrogens (tertiary/aromatic N) is 8. The summed E-state index contributed by atoms with van der Waals surface area (Å²) >= 11 is 0. The van der Waals surface area contributed by atoms with Crippen LogP contribution in [0.4, 0.5) is 62.1 Å². The van der Waals surface area contributed by atoms with E-state index in [1.807, 2.05) is 0 Å². The zero-order valence-corrected chi connectivity index (χ0v) is 39.4. The van der Waals surface area contributed by atoms with E-state index in [-0.39, 0.29) is 74.6 Å². The third-order valence-electron chi connectivity index (χ3n) is 12.2. The second-order valence-corrected chi connectivity index (χ2v) is 16.5. The van der Waals surface area contributed by atoms with Gasteiger partial charge in [0.1, 0.15) is 23.0 Å². The molecule has 0 spiro atoms. The molecule has 2 fully saturated rings. The van der Waals surface area contributed by atoms with Crippen LogP contribution in [0.2, 0.25) is 0 Å². The van der Waals surface area contributed by atoms with E-state index >= 15 is 17.6 Å². The number of carbonyl (C=O) groups is 2. The van der Waals surface area contributed by atoms with Gasteiger partial charge in [-0.2, -0.15) is 9.97 Å². The molecule has 0 bridgehead atoms. The summed E-state index contributed by atoms with van der Waals surface area (Å²) < 4.78 is 91.8. The lowest BCUT2D eigenvalue weighted by Crippen LogP contribution is -2.52. The zero-order valence-electron chi connectivity index (χ0n) is 39.4. The topological polar surface area (TPSA) is 219 Å². The van der Waals surface area contributed by atoms with E-state index in [0.29, 0.717) is 61.0 Å². The van der Waals surface area contributed by atoms with Crippen LogP contribution in [0.3, 0.4) is 0 Å². The summed E-state index contributed by atoms with van der Waals surface area (Å²) in [6, 6.07) is 0.756. The number of hydrogen-bond acceptors (Lipinski definition) is 16. The lowest BCUT2D eigenvalue weighted by atomic mass is 10.1. The number of carbonyl (C=O) groups excluding carboxylic acids is 2. The second-order valence-electron chi connectivity index (χ2n) is 16.5. The maximum absolute atomic E-state index is 15.3. The molecule has 4 aliphatic rings. The summed E-state index contributed by atoms with van der Waals surface area (Å²) in [6.45, 7) is 1.58. The number of anilines is 6.